The summed E-state index contributed by atoms with van der Waals surface area (Å²) in [6.07, 6.45) is 1.54. The molecule has 1 rings (SSSR count). The molecule has 16 heavy (non-hydrogen) atoms. The van der Waals surface area contributed by atoms with Gasteiger partial charge in [0.25, 0.3) is 0 Å². The van der Waals surface area contributed by atoms with Crippen LogP contribution in [0.5, 0.6) is 5.75 Å². The number of benzene rings is 1. The van der Waals surface area contributed by atoms with Crippen LogP contribution in [-0.4, -0.2) is 17.7 Å². The molecular weight excluding hydrogens is 204 g/mol. The van der Waals surface area contributed by atoms with E-state index < -0.39 is 5.97 Å². The van der Waals surface area contributed by atoms with E-state index in [1.807, 2.05) is 24.3 Å². The van der Waals surface area contributed by atoms with Gasteiger partial charge in [-0.15, -0.1) is 0 Å². The van der Waals surface area contributed by atoms with E-state index in [1.165, 1.54) is 5.56 Å². The highest BCUT2D eigenvalue weighted by Gasteiger charge is 2.10. The van der Waals surface area contributed by atoms with Crippen molar-refractivity contribution in [3.63, 3.8) is 0 Å². The highest BCUT2D eigenvalue weighted by molar-refractivity contribution is 5.69. The van der Waals surface area contributed by atoms with Gasteiger partial charge in [0.1, 0.15) is 5.75 Å². The maximum Gasteiger partial charge on any atom is 0.306 e. The van der Waals surface area contributed by atoms with Gasteiger partial charge in [-0.3, -0.25) is 4.79 Å². The van der Waals surface area contributed by atoms with Gasteiger partial charge in [-0.1, -0.05) is 26.0 Å². The fourth-order valence-corrected chi connectivity index (χ4v) is 1.30. The highest BCUT2D eigenvalue weighted by atomic mass is 16.5. The van der Waals surface area contributed by atoms with E-state index in [0.29, 0.717) is 13.0 Å². The molecule has 0 amide bonds. The van der Waals surface area contributed by atoms with E-state index in [-0.39, 0.29) is 5.92 Å². The number of rotatable bonds is 6. The first-order valence-corrected chi connectivity index (χ1v) is 5.58. The lowest BCUT2D eigenvalue weighted by molar-refractivity contribution is -0.141. The summed E-state index contributed by atoms with van der Waals surface area (Å²) in [5, 5.41) is 8.69. The van der Waals surface area contributed by atoms with Crippen molar-refractivity contribution in [2.24, 2.45) is 5.92 Å². The maximum atomic E-state index is 10.6. The van der Waals surface area contributed by atoms with Crippen LogP contribution < -0.4 is 4.74 Å². The van der Waals surface area contributed by atoms with Crippen LogP contribution in [-0.2, 0) is 11.2 Å². The minimum Gasteiger partial charge on any atom is -0.494 e. The minimum atomic E-state index is -0.773. The average Bonchev–Trinajstić information content (AvgIpc) is 2.29. The van der Waals surface area contributed by atoms with Crippen molar-refractivity contribution in [1.82, 2.24) is 0 Å². The van der Waals surface area contributed by atoms with Gasteiger partial charge in [0.05, 0.1) is 12.5 Å². The zero-order valence-corrected chi connectivity index (χ0v) is 9.77. The molecule has 0 spiro atoms. The van der Waals surface area contributed by atoms with E-state index in [9.17, 15) is 4.79 Å². The van der Waals surface area contributed by atoms with Gasteiger partial charge in [0.15, 0.2) is 0 Å². The van der Waals surface area contributed by atoms with Crippen LogP contribution in [0.4, 0.5) is 0 Å². The molecule has 3 nitrogen and oxygen atoms in total. The van der Waals surface area contributed by atoms with Crippen LogP contribution in [0.2, 0.25) is 0 Å². The minimum absolute atomic E-state index is 0.352. The molecule has 1 aromatic carbocycles. The Balaban J connectivity index is 2.34. The number of carboxylic acid groups (broad SMARTS) is 1. The van der Waals surface area contributed by atoms with E-state index in [1.54, 1.807) is 6.92 Å². The van der Waals surface area contributed by atoms with Crippen LogP contribution in [0.25, 0.3) is 0 Å². The Morgan fingerprint density at radius 2 is 2.00 bits per heavy atom. The Labute approximate surface area is 96.1 Å². The topological polar surface area (TPSA) is 46.5 Å². The van der Waals surface area contributed by atoms with E-state index in [2.05, 4.69) is 6.92 Å². The molecule has 0 bridgehead atoms. The van der Waals surface area contributed by atoms with Crippen molar-refractivity contribution >= 4 is 5.97 Å². The van der Waals surface area contributed by atoms with E-state index in [0.717, 1.165) is 12.2 Å². The lowest BCUT2D eigenvalue weighted by Crippen LogP contribution is -2.13. The number of hydrogen-bond donors (Lipinski definition) is 1. The highest BCUT2D eigenvalue weighted by Crippen LogP contribution is 2.13. The molecule has 0 aliphatic heterocycles. The monoisotopic (exact) mass is 222 g/mol. The van der Waals surface area contributed by atoms with Crippen LogP contribution >= 0.6 is 0 Å². The molecule has 88 valence electrons. The molecule has 1 N–H and O–H groups in total. The molecule has 1 atom stereocenters. The summed E-state index contributed by atoms with van der Waals surface area (Å²) in [4.78, 5) is 10.6. The molecule has 1 aromatic rings. The second-order valence-electron chi connectivity index (χ2n) is 3.87. The van der Waals surface area contributed by atoms with Crippen molar-refractivity contribution in [2.45, 2.75) is 26.7 Å². The number of carboxylic acids is 1. The fourth-order valence-electron chi connectivity index (χ4n) is 1.30. The van der Waals surface area contributed by atoms with Crippen molar-refractivity contribution in [1.29, 1.82) is 0 Å². The zero-order chi connectivity index (χ0) is 12.0. The number of ether oxygens (including phenoxy) is 1. The molecule has 0 aliphatic rings. The summed E-state index contributed by atoms with van der Waals surface area (Å²) in [5.74, 6) is -0.324. The Kier molecular flexibility index (Phi) is 4.83. The number of carbonyl (C=O) groups is 1. The number of aryl methyl sites for hydroxylation is 1. The van der Waals surface area contributed by atoms with E-state index in [4.69, 9.17) is 9.84 Å². The fraction of sp³-hybridized carbons (Fsp3) is 0.462. The van der Waals surface area contributed by atoms with Gasteiger partial charge in [-0.2, -0.15) is 0 Å². The molecule has 0 radical (unpaired) electrons. The summed E-state index contributed by atoms with van der Waals surface area (Å²) in [5.41, 5.74) is 1.27. The lowest BCUT2D eigenvalue weighted by Gasteiger charge is -2.08. The van der Waals surface area contributed by atoms with E-state index >= 15 is 0 Å². The van der Waals surface area contributed by atoms with Crippen LogP contribution in [0, 0.1) is 5.92 Å². The Morgan fingerprint density at radius 1 is 1.38 bits per heavy atom. The second-order valence-corrected chi connectivity index (χ2v) is 3.87. The Morgan fingerprint density at radius 3 is 2.50 bits per heavy atom. The summed E-state index contributed by atoms with van der Waals surface area (Å²) < 4.78 is 5.46. The third-order valence-electron chi connectivity index (χ3n) is 2.57. The van der Waals surface area contributed by atoms with Crippen molar-refractivity contribution in [3.8, 4) is 5.75 Å². The quantitative estimate of drug-likeness (QED) is 0.805. The molecule has 0 heterocycles. The number of hydrogen-bond acceptors (Lipinski definition) is 2. The molecule has 0 fully saturated rings. The molecule has 0 aliphatic carbocycles. The SMILES string of the molecule is CCc1ccc(OCCC(C)C(=O)O)cc1. The summed E-state index contributed by atoms with van der Waals surface area (Å²) >= 11 is 0. The van der Waals surface area contributed by atoms with Gasteiger partial charge in [-0.25, -0.2) is 0 Å². The Bertz CT molecular complexity index is 330. The molecular formula is C13H18O3. The largest absolute Gasteiger partial charge is 0.494 e. The Hall–Kier alpha value is -1.51. The molecule has 0 saturated heterocycles. The summed E-state index contributed by atoms with van der Waals surface area (Å²) in [7, 11) is 0. The van der Waals surface area contributed by atoms with Crippen molar-refractivity contribution < 1.29 is 14.6 Å². The van der Waals surface area contributed by atoms with Crippen LogP contribution in [0.3, 0.4) is 0 Å². The van der Waals surface area contributed by atoms with Crippen LogP contribution in [0.1, 0.15) is 25.8 Å². The maximum absolute atomic E-state index is 10.6. The third kappa shape index (κ3) is 3.93. The molecule has 0 saturated carbocycles. The van der Waals surface area contributed by atoms with Crippen molar-refractivity contribution in [3.05, 3.63) is 29.8 Å². The molecule has 1 unspecified atom stereocenters. The van der Waals surface area contributed by atoms with Gasteiger partial charge in [0, 0.05) is 0 Å². The second kappa shape index (κ2) is 6.16. The summed E-state index contributed by atoms with van der Waals surface area (Å²) in [6.45, 7) is 4.23. The first kappa shape index (κ1) is 12.6. The summed E-state index contributed by atoms with van der Waals surface area (Å²) in [6, 6.07) is 7.89. The van der Waals surface area contributed by atoms with Gasteiger partial charge >= 0.3 is 5.97 Å². The first-order chi connectivity index (χ1) is 7.63. The third-order valence-corrected chi connectivity index (χ3v) is 2.57. The van der Waals surface area contributed by atoms with Crippen LogP contribution in [0.15, 0.2) is 24.3 Å². The zero-order valence-electron chi connectivity index (χ0n) is 9.77. The first-order valence-electron chi connectivity index (χ1n) is 5.58. The normalized spacial score (nSPS) is 12.1. The predicted octanol–water partition coefficient (Wildman–Crippen LogP) is 2.74. The average molecular weight is 222 g/mol. The standard InChI is InChI=1S/C13H18O3/c1-3-11-4-6-12(7-5-11)16-9-8-10(2)13(14)15/h4-7,10H,3,8-9H2,1-2H3,(H,14,15). The smallest absolute Gasteiger partial charge is 0.306 e. The molecule has 3 heteroatoms. The number of aliphatic carboxylic acids is 1. The van der Waals surface area contributed by atoms with Gasteiger partial charge in [0.2, 0.25) is 0 Å². The van der Waals surface area contributed by atoms with Gasteiger partial charge < -0.3 is 9.84 Å². The lowest BCUT2D eigenvalue weighted by atomic mass is 10.1. The van der Waals surface area contributed by atoms with Gasteiger partial charge in [-0.05, 0) is 30.5 Å². The predicted molar refractivity (Wildman–Crippen MR) is 62.7 cm³/mol. The van der Waals surface area contributed by atoms with Crippen molar-refractivity contribution in [2.75, 3.05) is 6.61 Å². The molecule has 0 aromatic heterocycles.